The Kier molecular flexibility index (Phi) is 4.65. The maximum atomic E-state index is 12.8. The van der Waals surface area contributed by atoms with Gasteiger partial charge >= 0.3 is 6.18 Å². The third-order valence-electron chi connectivity index (χ3n) is 3.49. The minimum Gasteiger partial charge on any atom is -0.352 e. The van der Waals surface area contributed by atoms with Crippen LogP contribution in [0.5, 0.6) is 0 Å². The molecule has 1 aliphatic rings. The lowest BCUT2D eigenvalue weighted by Crippen LogP contribution is -2.36. The van der Waals surface area contributed by atoms with E-state index in [9.17, 15) is 18.0 Å². The topological polar surface area (TPSA) is 41.1 Å². The van der Waals surface area contributed by atoms with Crippen LogP contribution >= 0.6 is 0 Å². The van der Waals surface area contributed by atoms with Crippen molar-refractivity contribution < 1.29 is 18.0 Å². The molecule has 0 aromatic heterocycles. The quantitative estimate of drug-likeness (QED) is 0.896. The first-order valence-electron chi connectivity index (χ1n) is 6.63. The molecule has 0 unspecified atom stereocenters. The van der Waals surface area contributed by atoms with E-state index in [1.807, 2.05) is 0 Å². The Labute approximate surface area is 115 Å². The molecule has 2 rings (SSSR count). The molecule has 110 valence electrons. The Morgan fingerprint density at radius 3 is 2.55 bits per heavy atom. The van der Waals surface area contributed by atoms with E-state index in [2.05, 4.69) is 10.6 Å². The second-order valence-electron chi connectivity index (χ2n) is 4.95. The molecule has 1 heterocycles. The van der Waals surface area contributed by atoms with Crippen molar-refractivity contribution in [2.75, 3.05) is 19.6 Å². The fourth-order valence-corrected chi connectivity index (χ4v) is 2.35. The van der Waals surface area contributed by atoms with E-state index < -0.39 is 17.6 Å². The number of benzene rings is 1. The van der Waals surface area contributed by atoms with Crippen LogP contribution in [0.25, 0.3) is 0 Å². The highest BCUT2D eigenvalue weighted by molar-refractivity contribution is 5.95. The number of hydrogen-bond donors (Lipinski definition) is 2. The fraction of sp³-hybridized carbons (Fsp3) is 0.500. The number of rotatable bonds is 3. The Balaban J connectivity index is 2.02. The van der Waals surface area contributed by atoms with E-state index >= 15 is 0 Å². The van der Waals surface area contributed by atoms with Crippen LogP contribution in [-0.4, -0.2) is 25.5 Å². The normalized spacial score (nSPS) is 16.9. The third kappa shape index (κ3) is 3.72. The predicted molar refractivity (Wildman–Crippen MR) is 69.4 cm³/mol. The van der Waals surface area contributed by atoms with Crippen molar-refractivity contribution in [3.05, 3.63) is 35.4 Å². The van der Waals surface area contributed by atoms with Gasteiger partial charge in [-0.2, -0.15) is 13.2 Å². The summed E-state index contributed by atoms with van der Waals surface area (Å²) in [6.07, 6.45) is -2.65. The lowest BCUT2D eigenvalue weighted by molar-refractivity contribution is -0.137. The van der Waals surface area contributed by atoms with Crippen molar-refractivity contribution in [1.82, 2.24) is 10.6 Å². The fourth-order valence-electron chi connectivity index (χ4n) is 2.35. The number of amides is 1. The lowest BCUT2D eigenvalue weighted by Gasteiger charge is -2.23. The van der Waals surface area contributed by atoms with Crippen LogP contribution in [-0.2, 0) is 6.18 Å². The van der Waals surface area contributed by atoms with Gasteiger partial charge in [-0.05, 0) is 44.0 Å². The highest BCUT2D eigenvalue weighted by Gasteiger charge is 2.34. The van der Waals surface area contributed by atoms with E-state index in [0.29, 0.717) is 12.5 Å². The number of nitrogens with one attached hydrogen (secondary N) is 2. The molecule has 1 saturated heterocycles. The summed E-state index contributed by atoms with van der Waals surface area (Å²) >= 11 is 0. The van der Waals surface area contributed by atoms with Crippen molar-refractivity contribution in [2.24, 2.45) is 5.92 Å². The second kappa shape index (κ2) is 6.26. The first-order valence-corrected chi connectivity index (χ1v) is 6.63. The van der Waals surface area contributed by atoms with Gasteiger partial charge in [-0.25, -0.2) is 0 Å². The Morgan fingerprint density at radius 1 is 1.25 bits per heavy atom. The average Bonchev–Trinajstić information content (AvgIpc) is 2.45. The molecule has 0 radical (unpaired) electrons. The van der Waals surface area contributed by atoms with Crippen LogP contribution in [0.15, 0.2) is 24.3 Å². The van der Waals surface area contributed by atoms with Crippen LogP contribution in [0.1, 0.15) is 28.8 Å². The molecule has 0 spiro atoms. The largest absolute Gasteiger partial charge is 0.417 e. The second-order valence-corrected chi connectivity index (χ2v) is 4.95. The summed E-state index contributed by atoms with van der Waals surface area (Å²) in [5, 5.41) is 5.82. The Morgan fingerprint density at radius 2 is 1.90 bits per heavy atom. The van der Waals surface area contributed by atoms with Crippen molar-refractivity contribution in [2.45, 2.75) is 19.0 Å². The minimum atomic E-state index is -4.51. The molecule has 3 nitrogen and oxygen atoms in total. The van der Waals surface area contributed by atoms with Crippen molar-refractivity contribution in [3.63, 3.8) is 0 Å². The predicted octanol–water partition coefficient (Wildman–Crippen LogP) is 2.43. The summed E-state index contributed by atoms with van der Waals surface area (Å²) in [7, 11) is 0. The van der Waals surface area contributed by atoms with Gasteiger partial charge in [0.15, 0.2) is 0 Å². The van der Waals surface area contributed by atoms with E-state index in [1.54, 1.807) is 0 Å². The van der Waals surface area contributed by atoms with E-state index in [0.717, 1.165) is 32.0 Å². The molecule has 1 aliphatic heterocycles. The third-order valence-corrected chi connectivity index (χ3v) is 3.49. The van der Waals surface area contributed by atoms with Crippen LogP contribution in [0.3, 0.4) is 0 Å². The van der Waals surface area contributed by atoms with Crippen LogP contribution in [0, 0.1) is 5.92 Å². The molecule has 6 heteroatoms. The molecule has 0 atom stereocenters. The highest BCUT2D eigenvalue weighted by Crippen LogP contribution is 2.31. The van der Waals surface area contributed by atoms with E-state index in [4.69, 9.17) is 0 Å². The van der Waals surface area contributed by atoms with Gasteiger partial charge in [-0.3, -0.25) is 4.79 Å². The number of hydrogen-bond acceptors (Lipinski definition) is 2. The minimum absolute atomic E-state index is 0.311. The first kappa shape index (κ1) is 14.8. The molecule has 1 aromatic carbocycles. The molecule has 0 saturated carbocycles. The molecule has 1 amide bonds. The number of carbonyl (C=O) groups excluding carboxylic acids is 1. The zero-order chi connectivity index (χ0) is 14.6. The van der Waals surface area contributed by atoms with Gasteiger partial charge in [0.1, 0.15) is 0 Å². The maximum absolute atomic E-state index is 12.8. The van der Waals surface area contributed by atoms with Gasteiger partial charge in [0, 0.05) is 6.54 Å². The molecular weight excluding hydrogens is 269 g/mol. The zero-order valence-electron chi connectivity index (χ0n) is 11.0. The smallest absolute Gasteiger partial charge is 0.352 e. The Hall–Kier alpha value is -1.56. The van der Waals surface area contributed by atoms with Gasteiger partial charge in [0.2, 0.25) is 0 Å². The standard InChI is InChI=1S/C14H17F3N2O/c15-14(16,17)12-4-2-1-3-11(12)13(20)19-9-10-5-7-18-8-6-10/h1-4,10,18H,5-9H2,(H,19,20). The summed E-state index contributed by atoms with van der Waals surface area (Å²) in [4.78, 5) is 11.9. The number of piperidine rings is 1. The first-order chi connectivity index (χ1) is 9.48. The number of alkyl halides is 3. The summed E-state index contributed by atoms with van der Waals surface area (Å²) in [5.74, 6) is -0.324. The SMILES string of the molecule is O=C(NCC1CCNCC1)c1ccccc1C(F)(F)F. The van der Waals surface area contributed by atoms with Crippen molar-refractivity contribution in [3.8, 4) is 0 Å². The zero-order valence-corrected chi connectivity index (χ0v) is 11.0. The van der Waals surface area contributed by atoms with E-state index in [1.165, 1.54) is 18.2 Å². The van der Waals surface area contributed by atoms with Crippen LogP contribution < -0.4 is 10.6 Å². The molecule has 2 N–H and O–H groups in total. The summed E-state index contributed by atoms with van der Waals surface area (Å²) < 4.78 is 38.4. The molecule has 0 aliphatic carbocycles. The molecule has 1 fully saturated rings. The summed E-state index contributed by atoms with van der Waals surface area (Å²) in [6, 6.07) is 4.86. The van der Waals surface area contributed by atoms with Crippen molar-refractivity contribution in [1.29, 1.82) is 0 Å². The Bertz CT molecular complexity index is 468. The summed E-state index contributed by atoms with van der Waals surface area (Å²) in [5.41, 5.74) is -1.20. The number of carbonyl (C=O) groups is 1. The van der Waals surface area contributed by atoms with Gasteiger partial charge in [0.05, 0.1) is 11.1 Å². The highest BCUT2D eigenvalue weighted by atomic mass is 19.4. The van der Waals surface area contributed by atoms with Crippen LogP contribution in [0.2, 0.25) is 0 Å². The maximum Gasteiger partial charge on any atom is 0.417 e. The monoisotopic (exact) mass is 286 g/mol. The molecule has 1 aromatic rings. The van der Waals surface area contributed by atoms with Gasteiger partial charge in [-0.15, -0.1) is 0 Å². The average molecular weight is 286 g/mol. The number of halogens is 3. The summed E-state index contributed by atoms with van der Waals surface area (Å²) in [6.45, 7) is 2.20. The molecule has 0 bridgehead atoms. The van der Waals surface area contributed by atoms with Crippen LogP contribution in [0.4, 0.5) is 13.2 Å². The van der Waals surface area contributed by atoms with Crippen molar-refractivity contribution >= 4 is 5.91 Å². The molecule has 20 heavy (non-hydrogen) atoms. The lowest BCUT2D eigenvalue weighted by atomic mass is 9.98. The van der Waals surface area contributed by atoms with Gasteiger partial charge < -0.3 is 10.6 Å². The van der Waals surface area contributed by atoms with E-state index in [-0.39, 0.29) is 5.56 Å². The van der Waals surface area contributed by atoms with Gasteiger partial charge in [-0.1, -0.05) is 12.1 Å². The van der Waals surface area contributed by atoms with Gasteiger partial charge in [0.25, 0.3) is 5.91 Å². The molecular formula is C14H17F3N2O.